The minimum absolute atomic E-state index is 0.230. The van der Waals surface area contributed by atoms with Gasteiger partial charge in [0.15, 0.2) is 0 Å². The van der Waals surface area contributed by atoms with E-state index in [0.29, 0.717) is 12.5 Å². The average Bonchev–Trinajstić information content (AvgIpc) is 2.32. The van der Waals surface area contributed by atoms with E-state index < -0.39 is 0 Å². The van der Waals surface area contributed by atoms with Crippen molar-refractivity contribution in [3.63, 3.8) is 0 Å². The van der Waals surface area contributed by atoms with Crippen LogP contribution in [0.3, 0.4) is 0 Å². The van der Waals surface area contributed by atoms with E-state index in [1.165, 1.54) is 12.0 Å². The first-order valence-electron chi connectivity index (χ1n) is 6.36. The third-order valence-corrected chi connectivity index (χ3v) is 2.83. The van der Waals surface area contributed by atoms with Gasteiger partial charge in [0.25, 0.3) is 0 Å². The summed E-state index contributed by atoms with van der Waals surface area (Å²) >= 11 is 0. The Kier molecular flexibility index (Phi) is 6.01. The highest BCUT2D eigenvalue weighted by Gasteiger charge is 2.10. The molecule has 0 aliphatic carbocycles. The Morgan fingerprint density at radius 1 is 1.18 bits per heavy atom. The molecule has 0 aliphatic heterocycles. The van der Waals surface area contributed by atoms with Gasteiger partial charge in [-0.2, -0.15) is 0 Å². The molecule has 3 nitrogen and oxygen atoms in total. The number of benzene rings is 1. The molecule has 1 atom stereocenters. The van der Waals surface area contributed by atoms with Gasteiger partial charge < -0.3 is 4.74 Å². The van der Waals surface area contributed by atoms with Crippen LogP contribution in [-0.4, -0.2) is 6.61 Å². The summed E-state index contributed by atoms with van der Waals surface area (Å²) < 4.78 is 5.42. The normalized spacial score (nSPS) is 12.8. The van der Waals surface area contributed by atoms with Crippen LogP contribution in [-0.2, 0) is 0 Å². The summed E-state index contributed by atoms with van der Waals surface area (Å²) in [7, 11) is 0. The second-order valence-corrected chi connectivity index (χ2v) is 4.69. The maximum atomic E-state index is 5.61. The summed E-state index contributed by atoms with van der Waals surface area (Å²) in [5, 5.41) is 0. The van der Waals surface area contributed by atoms with Gasteiger partial charge in [0.2, 0.25) is 0 Å². The van der Waals surface area contributed by atoms with Gasteiger partial charge >= 0.3 is 0 Å². The molecule has 0 spiro atoms. The Labute approximate surface area is 104 Å². The molecule has 1 aromatic rings. The van der Waals surface area contributed by atoms with Crippen LogP contribution < -0.4 is 16.0 Å². The van der Waals surface area contributed by atoms with Crippen molar-refractivity contribution in [2.24, 2.45) is 11.8 Å². The number of hydrogen-bond donors (Lipinski definition) is 2. The zero-order valence-electron chi connectivity index (χ0n) is 11.1. The summed E-state index contributed by atoms with van der Waals surface area (Å²) in [4.78, 5) is 0. The quantitative estimate of drug-likeness (QED) is 0.565. The highest BCUT2D eigenvalue weighted by molar-refractivity contribution is 5.29. The fourth-order valence-electron chi connectivity index (χ4n) is 1.81. The van der Waals surface area contributed by atoms with Crippen LogP contribution in [0.25, 0.3) is 0 Å². The molecular formula is C14H24N2O. The van der Waals surface area contributed by atoms with Crippen molar-refractivity contribution in [2.45, 2.75) is 39.7 Å². The summed E-state index contributed by atoms with van der Waals surface area (Å²) in [6, 6.07) is 8.39. The lowest BCUT2D eigenvalue weighted by Gasteiger charge is -2.17. The number of nitrogens with two attached hydrogens (primary N) is 1. The van der Waals surface area contributed by atoms with Gasteiger partial charge in [0.1, 0.15) is 5.75 Å². The lowest BCUT2D eigenvalue weighted by Crippen LogP contribution is -2.28. The van der Waals surface area contributed by atoms with Gasteiger partial charge in [0.05, 0.1) is 6.61 Å². The van der Waals surface area contributed by atoms with E-state index in [1.807, 2.05) is 19.1 Å². The van der Waals surface area contributed by atoms with Gasteiger partial charge in [0, 0.05) is 6.04 Å². The van der Waals surface area contributed by atoms with E-state index in [-0.39, 0.29) is 6.04 Å². The second-order valence-electron chi connectivity index (χ2n) is 4.69. The van der Waals surface area contributed by atoms with Crippen molar-refractivity contribution in [1.29, 1.82) is 0 Å². The number of ether oxygens (including phenoxy) is 1. The van der Waals surface area contributed by atoms with Crippen LogP contribution in [0.5, 0.6) is 5.75 Å². The maximum Gasteiger partial charge on any atom is 0.119 e. The summed E-state index contributed by atoms with van der Waals surface area (Å²) in [5.74, 6) is 7.22. The molecule has 1 rings (SSSR count). The van der Waals surface area contributed by atoms with E-state index in [2.05, 4.69) is 31.4 Å². The fourth-order valence-corrected chi connectivity index (χ4v) is 1.81. The van der Waals surface area contributed by atoms with Crippen LogP contribution in [0.15, 0.2) is 24.3 Å². The molecule has 17 heavy (non-hydrogen) atoms. The van der Waals surface area contributed by atoms with E-state index in [4.69, 9.17) is 10.6 Å². The highest BCUT2D eigenvalue weighted by atomic mass is 16.5. The largest absolute Gasteiger partial charge is 0.494 e. The zero-order chi connectivity index (χ0) is 12.7. The third-order valence-electron chi connectivity index (χ3n) is 2.83. The molecule has 1 unspecified atom stereocenters. The predicted molar refractivity (Wildman–Crippen MR) is 71.7 cm³/mol. The molecule has 0 amide bonds. The predicted octanol–water partition coefficient (Wildman–Crippen LogP) is 3.03. The lowest BCUT2D eigenvalue weighted by molar-refractivity contribution is 0.340. The number of nitrogens with one attached hydrogen (secondary N) is 1. The molecule has 0 aliphatic rings. The summed E-state index contributed by atoms with van der Waals surface area (Å²) in [6.45, 7) is 7.14. The van der Waals surface area contributed by atoms with Gasteiger partial charge in [-0.15, -0.1) is 0 Å². The van der Waals surface area contributed by atoms with Gasteiger partial charge in [-0.3, -0.25) is 11.3 Å². The minimum atomic E-state index is 0.230. The Morgan fingerprint density at radius 3 is 2.29 bits per heavy atom. The van der Waals surface area contributed by atoms with Crippen LogP contribution in [0, 0.1) is 5.92 Å². The molecule has 3 heteroatoms. The van der Waals surface area contributed by atoms with Crippen LogP contribution in [0.2, 0.25) is 0 Å². The molecule has 96 valence electrons. The molecule has 3 N–H and O–H groups in total. The van der Waals surface area contributed by atoms with Crippen LogP contribution in [0.1, 0.15) is 45.2 Å². The Morgan fingerprint density at radius 2 is 1.82 bits per heavy atom. The standard InChI is InChI=1S/C14H24N2O/c1-4-17-13-8-6-12(7-9-13)14(16-15)10-5-11(2)3/h6-9,11,14,16H,4-5,10,15H2,1-3H3. The highest BCUT2D eigenvalue weighted by Crippen LogP contribution is 2.22. The van der Waals surface area contributed by atoms with Gasteiger partial charge in [-0.05, 0) is 43.4 Å². The van der Waals surface area contributed by atoms with E-state index >= 15 is 0 Å². The SMILES string of the molecule is CCOc1ccc(C(CCC(C)C)NN)cc1. The molecule has 1 aromatic carbocycles. The first kappa shape index (κ1) is 14.0. The number of hydrogen-bond acceptors (Lipinski definition) is 3. The van der Waals surface area contributed by atoms with Crippen molar-refractivity contribution >= 4 is 0 Å². The van der Waals surface area contributed by atoms with Crippen LogP contribution in [0.4, 0.5) is 0 Å². The molecule has 0 bridgehead atoms. The van der Waals surface area contributed by atoms with Gasteiger partial charge in [-0.25, -0.2) is 0 Å². The van der Waals surface area contributed by atoms with Crippen molar-refractivity contribution in [2.75, 3.05) is 6.61 Å². The van der Waals surface area contributed by atoms with Crippen molar-refractivity contribution in [1.82, 2.24) is 5.43 Å². The van der Waals surface area contributed by atoms with Crippen molar-refractivity contribution < 1.29 is 4.74 Å². The molecule has 0 aromatic heterocycles. The maximum absolute atomic E-state index is 5.61. The van der Waals surface area contributed by atoms with E-state index in [9.17, 15) is 0 Å². The van der Waals surface area contributed by atoms with Crippen molar-refractivity contribution in [3.8, 4) is 5.75 Å². The average molecular weight is 236 g/mol. The number of rotatable bonds is 7. The summed E-state index contributed by atoms with van der Waals surface area (Å²) in [5.41, 5.74) is 4.10. The Bertz CT molecular complexity index is 309. The third kappa shape index (κ3) is 4.75. The fraction of sp³-hybridized carbons (Fsp3) is 0.571. The van der Waals surface area contributed by atoms with Crippen molar-refractivity contribution in [3.05, 3.63) is 29.8 Å². The lowest BCUT2D eigenvalue weighted by atomic mass is 9.98. The minimum Gasteiger partial charge on any atom is -0.494 e. The molecule has 0 heterocycles. The molecular weight excluding hydrogens is 212 g/mol. The van der Waals surface area contributed by atoms with Gasteiger partial charge in [-0.1, -0.05) is 26.0 Å². The monoisotopic (exact) mass is 236 g/mol. The molecule has 0 saturated heterocycles. The summed E-state index contributed by atoms with van der Waals surface area (Å²) in [6.07, 6.45) is 2.23. The van der Waals surface area contributed by atoms with E-state index in [0.717, 1.165) is 12.2 Å². The van der Waals surface area contributed by atoms with Crippen LogP contribution >= 0.6 is 0 Å². The van der Waals surface area contributed by atoms with E-state index in [1.54, 1.807) is 0 Å². The topological polar surface area (TPSA) is 47.3 Å². The molecule has 0 saturated carbocycles. The smallest absolute Gasteiger partial charge is 0.119 e. The number of hydrazine groups is 1. The molecule has 0 radical (unpaired) electrons. The first-order chi connectivity index (χ1) is 8.17. The zero-order valence-corrected chi connectivity index (χ0v) is 11.1. The molecule has 0 fully saturated rings. The first-order valence-corrected chi connectivity index (χ1v) is 6.36. The Hall–Kier alpha value is -1.06. The second kappa shape index (κ2) is 7.30. The Balaban J connectivity index is 2.61.